The second-order valence-corrected chi connectivity index (χ2v) is 5.42. The number of allylic oxidation sites excluding steroid dienone is 1. The molecule has 0 radical (unpaired) electrons. The van der Waals surface area contributed by atoms with Crippen LogP contribution in [0.1, 0.15) is 16.9 Å². The van der Waals surface area contributed by atoms with E-state index in [-0.39, 0.29) is 40.7 Å². The summed E-state index contributed by atoms with van der Waals surface area (Å²) in [7, 11) is 0. The van der Waals surface area contributed by atoms with E-state index in [0.29, 0.717) is 12.5 Å². The van der Waals surface area contributed by atoms with E-state index in [1.54, 1.807) is 12.3 Å². The van der Waals surface area contributed by atoms with E-state index in [4.69, 9.17) is 0 Å². The third-order valence-electron chi connectivity index (χ3n) is 4.25. The monoisotopic (exact) mass is 289 g/mol. The van der Waals surface area contributed by atoms with E-state index in [1.807, 2.05) is 6.20 Å². The first kappa shape index (κ1) is 14.5. The average molecular weight is 289 g/mol. The van der Waals surface area contributed by atoms with Gasteiger partial charge < -0.3 is 15.2 Å². The van der Waals surface area contributed by atoms with Crippen molar-refractivity contribution in [2.75, 3.05) is 6.54 Å². The van der Waals surface area contributed by atoms with Crippen LogP contribution in [0.4, 0.5) is 0 Å². The van der Waals surface area contributed by atoms with Gasteiger partial charge in [-0.15, -0.1) is 0 Å². The third kappa shape index (κ3) is 2.16. The normalized spacial score (nSPS) is 27.6. The van der Waals surface area contributed by atoms with E-state index in [1.165, 1.54) is 0 Å². The first-order valence-corrected chi connectivity index (χ1v) is 6.57. The van der Waals surface area contributed by atoms with Crippen LogP contribution in [0.2, 0.25) is 0 Å². The van der Waals surface area contributed by atoms with Gasteiger partial charge in [0, 0.05) is 17.5 Å². The number of aromatic nitrogens is 1. The van der Waals surface area contributed by atoms with Crippen molar-refractivity contribution in [1.82, 2.24) is 10.3 Å². The Hall–Kier alpha value is -1.43. The van der Waals surface area contributed by atoms with Crippen LogP contribution in [-0.4, -0.2) is 23.3 Å². The molecule has 5 nitrogen and oxygen atoms in total. The van der Waals surface area contributed by atoms with E-state index >= 15 is 0 Å². The number of carboxylic acid groups (broad SMARTS) is 1. The molecule has 2 unspecified atom stereocenters. The molecule has 0 saturated heterocycles. The number of carbonyl (C=O) groups excluding carboxylic acids is 1. The third-order valence-corrected chi connectivity index (χ3v) is 4.25. The van der Waals surface area contributed by atoms with Crippen LogP contribution in [-0.2, 0) is 0 Å². The van der Waals surface area contributed by atoms with Gasteiger partial charge in [0.25, 0.3) is 0 Å². The van der Waals surface area contributed by atoms with Crippen LogP contribution in [0.25, 0.3) is 12.2 Å². The SMILES string of the molecule is O=C([O-])c1cc2c(cn1)=CC1(C=2)CN=C2NC=CCC21.[Na+]. The summed E-state index contributed by atoms with van der Waals surface area (Å²) in [6.45, 7) is 0.691. The van der Waals surface area contributed by atoms with Gasteiger partial charge in [0.2, 0.25) is 0 Å². The number of carbonyl (C=O) groups is 1. The molecule has 6 heteroatoms. The molecular formula is C15H12N3NaO2. The van der Waals surface area contributed by atoms with Crippen molar-refractivity contribution in [3.8, 4) is 0 Å². The predicted octanol–water partition coefficient (Wildman–Crippen LogP) is -4.45. The van der Waals surface area contributed by atoms with Crippen molar-refractivity contribution in [2.24, 2.45) is 16.3 Å². The van der Waals surface area contributed by atoms with Crippen LogP contribution in [0, 0.1) is 11.3 Å². The van der Waals surface area contributed by atoms with Gasteiger partial charge >= 0.3 is 29.6 Å². The molecular weight excluding hydrogens is 277 g/mol. The van der Waals surface area contributed by atoms with Crippen LogP contribution in [0.5, 0.6) is 0 Å². The number of fused-ring (bicyclic) bond motifs is 3. The number of hydrogen-bond acceptors (Lipinski definition) is 5. The van der Waals surface area contributed by atoms with Gasteiger partial charge in [-0.05, 0) is 29.1 Å². The first-order valence-electron chi connectivity index (χ1n) is 6.57. The Balaban J connectivity index is 0.00000132. The number of carboxylic acids is 1. The maximum absolute atomic E-state index is 10.9. The van der Waals surface area contributed by atoms with Crippen LogP contribution in [0.3, 0.4) is 0 Å². The number of aliphatic imine (C=N–C) groups is 1. The molecule has 3 aliphatic rings. The van der Waals surface area contributed by atoms with Gasteiger partial charge in [0.05, 0.1) is 18.2 Å². The van der Waals surface area contributed by atoms with E-state index in [9.17, 15) is 9.90 Å². The number of rotatable bonds is 1. The zero-order valence-corrected chi connectivity index (χ0v) is 13.7. The Bertz CT molecular complexity index is 800. The summed E-state index contributed by atoms with van der Waals surface area (Å²) in [5, 5.41) is 16.0. The number of aromatic carboxylic acids is 1. The molecule has 0 aromatic carbocycles. The molecule has 0 saturated carbocycles. The molecule has 2 aliphatic heterocycles. The van der Waals surface area contributed by atoms with Crippen LogP contribution < -0.4 is 50.4 Å². The van der Waals surface area contributed by atoms with Gasteiger partial charge in [-0.1, -0.05) is 18.2 Å². The smallest absolute Gasteiger partial charge is 0.543 e. The first-order chi connectivity index (χ1) is 9.68. The van der Waals surface area contributed by atoms with Crippen molar-refractivity contribution in [3.05, 3.63) is 40.7 Å². The molecule has 0 fully saturated rings. The van der Waals surface area contributed by atoms with E-state index < -0.39 is 5.97 Å². The summed E-state index contributed by atoms with van der Waals surface area (Å²) in [4.78, 5) is 19.4. The topological polar surface area (TPSA) is 77.4 Å². The number of hydrogen-bond donors (Lipinski definition) is 1. The maximum atomic E-state index is 10.9. The fraction of sp³-hybridized carbons (Fsp3) is 0.267. The Morgan fingerprint density at radius 3 is 3.00 bits per heavy atom. The van der Waals surface area contributed by atoms with E-state index in [2.05, 4.69) is 33.5 Å². The van der Waals surface area contributed by atoms with Gasteiger partial charge in [-0.25, -0.2) is 0 Å². The van der Waals surface area contributed by atoms with Crippen molar-refractivity contribution < 1.29 is 39.5 Å². The predicted molar refractivity (Wildman–Crippen MR) is 71.9 cm³/mol. The summed E-state index contributed by atoms with van der Waals surface area (Å²) in [5.41, 5.74) is -0.173. The van der Waals surface area contributed by atoms with Crippen molar-refractivity contribution >= 4 is 24.0 Å². The standard InChI is InChI=1S/C15H13N3O2.Na/c19-14(20)12-4-9-5-15(6-10(9)7-17-12)8-18-13-11(15)2-1-3-16-13;/h1,3-7,11H,2,8H2,(H,16,18)(H,19,20);/q;+1/p-1. The quantitative estimate of drug-likeness (QED) is 0.529. The molecule has 1 N–H and O–H groups in total. The zero-order valence-electron chi connectivity index (χ0n) is 11.7. The number of nitrogens with zero attached hydrogens (tertiary/aromatic N) is 2. The molecule has 21 heavy (non-hydrogen) atoms. The van der Waals surface area contributed by atoms with Gasteiger partial charge in [-0.3, -0.25) is 9.98 Å². The summed E-state index contributed by atoms with van der Waals surface area (Å²) in [6, 6.07) is 1.58. The molecule has 1 aliphatic carbocycles. The molecule has 100 valence electrons. The molecule has 0 amide bonds. The summed E-state index contributed by atoms with van der Waals surface area (Å²) in [5.74, 6) is 0.0694. The van der Waals surface area contributed by atoms with Gasteiger partial charge in [-0.2, -0.15) is 0 Å². The maximum Gasteiger partial charge on any atom is 1.00 e. The van der Waals surface area contributed by atoms with E-state index in [0.717, 1.165) is 22.7 Å². The molecule has 0 bridgehead atoms. The second-order valence-electron chi connectivity index (χ2n) is 5.42. The fourth-order valence-corrected chi connectivity index (χ4v) is 3.27. The zero-order chi connectivity index (χ0) is 13.7. The summed E-state index contributed by atoms with van der Waals surface area (Å²) < 4.78 is 0. The average Bonchev–Trinajstić information content (AvgIpc) is 3.00. The van der Waals surface area contributed by atoms with Crippen molar-refractivity contribution in [2.45, 2.75) is 6.42 Å². The van der Waals surface area contributed by atoms with Gasteiger partial charge in [0.1, 0.15) is 5.84 Å². The Kier molecular flexibility index (Phi) is 3.51. The minimum atomic E-state index is -1.24. The fourth-order valence-electron chi connectivity index (χ4n) is 3.27. The summed E-state index contributed by atoms with van der Waals surface area (Å²) >= 11 is 0. The molecule has 3 heterocycles. The molecule has 4 rings (SSSR count). The largest absolute Gasteiger partial charge is 1.00 e. The number of nitrogens with one attached hydrogen (secondary N) is 1. The number of amidine groups is 1. The minimum Gasteiger partial charge on any atom is -0.543 e. The Labute approximate surface area is 143 Å². The van der Waals surface area contributed by atoms with Crippen LogP contribution in [0.15, 0.2) is 29.5 Å². The second kappa shape index (κ2) is 5.09. The molecule has 1 aromatic rings. The van der Waals surface area contributed by atoms with Crippen LogP contribution >= 0.6 is 0 Å². The molecule has 1 spiro atoms. The van der Waals surface area contributed by atoms with Crippen molar-refractivity contribution in [3.63, 3.8) is 0 Å². The van der Waals surface area contributed by atoms with Gasteiger partial charge in [0.15, 0.2) is 0 Å². The Morgan fingerprint density at radius 2 is 2.19 bits per heavy atom. The number of pyridine rings is 1. The van der Waals surface area contributed by atoms with Crippen molar-refractivity contribution in [1.29, 1.82) is 0 Å². The Morgan fingerprint density at radius 1 is 1.38 bits per heavy atom. The minimum absolute atomic E-state index is 0. The molecule has 2 atom stereocenters. The summed E-state index contributed by atoms with van der Waals surface area (Å²) in [6.07, 6.45) is 10.9. The molecule has 1 aromatic heterocycles.